The Labute approximate surface area is 183 Å². The van der Waals surface area contributed by atoms with Crippen molar-refractivity contribution in [2.75, 3.05) is 39.8 Å². The van der Waals surface area contributed by atoms with Gasteiger partial charge in [-0.1, -0.05) is 0 Å². The average molecular weight is 534 g/mol. The van der Waals surface area contributed by atoms with Crippen molar-refractivity contribution < 1.29 is 18.0 Å². The van der Waals surface area contributed by atoms with Crippen molar-refractivity contribution in [3.63, 3.8) is 0 Å². The molecule has 2 N–H and O–H groups in total. The molecule has 0 unspecified atom stereocenters. The monoisotopic (exact) mass is 534 g/mol. The van der Waals surface area contributed by atoms with Crippen LogP contribution in [0.5, 0.6) is 0 Å². The van der Waals surface area contributed by atoms with Crippen molar-refractivity contribution in [3.05, 3.63) is 16.1 Å². The standard InChI is InChI=1S/C16H25F3N6OS.HI/c1-11(2)22-13(26)9-24-4-6-25(7-5-24)15(20-3)21-8-14-23-12(10-27-14)16(17,18)19;/h10-11H,4-9H2,1-3H3,(H,20,21)(H,22,26);1H. The van der Waals surface area contributed by atoms with Crippen LogP contribution in [0.1, 0.15) is 24.5 Å². The van der Waals surface area contributed by atoms with E-state index in [9.17, 15) is 18.0 Å². The fourth-order valence-corrected chi connectivity index (χ4v) is 3.44. The SMILES string of the molecule is CN=C(NCc1nc(C(F)(F)F)cs1)N1CCN(CC(=O)NC(C)C)CC1.I. The number of halogens is 4. The highest BCUT2D eigenvalue weighted by atomic mass is 127. The third kappa shape index (κ3) is 7.70. The van der Waals surface area contributed by atoms with Crippen molar-refractivity contribution in [3.8, 4) is 0 Å². The van der Waals surface area contributed by atoms with Gasteiger partial charge in [-0.3, -0.25) is 14.7 Å². The third-order valence-electron chi connectivity index (χ3n) is 3.94. The van der Waals surface area contributed by atoms with E-state index in [0.29, 0.717) is 43.7 Å². The Morgan fingerprint density at radius 3 is 2.46 bits per heavy atom. The van der Waals surface area contributed by atoms with Crippen LogP contribution in [0.25, 0.3) is 0 Å². The molecule has 0 atom stereocenters. The molecule has 1 aliphatic heterocycles. The average Bonchev–Trinajstić information content (AvgIpc) is 3.05. The molecule has 160 valence electrons. The summed E-state index contributed by atoms with van der Waals surface area (Å²) in [6, 6.07) is 0.116. The zero-order valence-electron chi connectivity index (χ0n) is 16.0. The zero-order chi connectivity index (χ0) is 20.0. The number of amides is 1. The van der Waals surface area contributed by atoms with E-state index in [1.807, 2.05) is 18.7 Å². The van der Waals surface area contributed by atoms with Crippen LogP contribution < -0.4 is 10.6 Å². The predicted molar refractivity (Wildman–Crippen MR) is 114 cm³/mol. The van der Waals surface area contributed by atoms with Crippen molar-refractivity contribution in [1.82, 2.24) is 25.4 Å². The van der Waals surface area contributed by atoms with Gasteiger partial charge in [0.2, 0.25) is 5.91 Å². The molecule has 1 aromatic rings. The predicted octanol–water partition coefficient (Wildman–Crippen LogP) is 2.00. The lowest BCUT2D eigenvalue weighted by Gasteiger charge is -2.36. The number of carbonyl (C=O) groups is 1. The summed E-state index contributed by atoms with van der Waals surface area (Å²) in [5.74, 6) is 0.621. The number of nitrogens with one attached hydrogen (secondary N) is 2. The van der Waals surface area contributed by atoms with Gasteiger partial charge in [-0.25, -0.2) is 4.98 Å². The summed E-state index contributed by atoms with van der Waals surface area (Å²) in [6.07, 6.45) is -4.42. The van der Waals surface area contributed by atoms with E-state index in [4.69, 9.17) is 0 Å². The first-order valence-electron chi connectivity index (χ1n) is 8.68. The highest BCUT2D eigenvalue weighted by molar-refractivity contribution is 14.0. The first kappa shape index (κ1) is 24.9. The summed E-state index contributed by atoms with van der Waals surface area (Å²) in [5.41, 5.74) is -0.868. The lowest BCUT2D eigenvalue weighted by Crippen LogP contribution is -2.54. The molecular weight excluding hydrogens is 508 g/mol. The van der Waals surface area contributed by atoms with E-state index >= 15 is 0 Å². The van der Waals surface area contributed by atoms with Gasteiger partial charge in [0, 0.05) is 44.6 Å². The number of aliphatic imine (C=N–C) groups is 1. The molecule has 1 amide bonds. The number of alkyl halides is 3. The molecule has 1 aliphatic rings. The fraction of sp³-hybridized carbons (Fsp3) is 0.688. The number of guanidine groups is 1. The molecule has 0 spiro atoms. The number of carbonyl (C=O) groups excluding carboxylic acids is 1. The normalized spacial score (nSPS) is 16.1. The molecule has 1 fully saturated rings. The van der Waals surface area contributed by atoms with Crippen LogP contribution in [0.2, 0.25) is 0 Å². The van der Waals surface area contributed by atoms with Crippen LogP contribution in [0.4, 0.5) is 13.2 Å². The summed E-state index contributed by atoms with van der Waals surface area (Å²) in [4.78, 5) is 23.7. The van der Waals surface area contributed by atoms with Crippen LogP contribution in [0, 0.1) is 0 Å². The van der Waals surface area contributed by atoms with E-state index < -0.39 is 11.9 Å². The van der Waals surface area contributed by atoms with E-state index in [1.54, 1.807) is 7.05 Å². The molecule has 2 rings (SSSR count). The van der Waals surface area contributed by atoms with E-state index in [0.717, 1.165) is 16.7 Å². The van der Waals surface area contributed by atoms with Gasteiger partial charge in [0.15, 0.2) is 11.7 Å². The second-order valence-electron chi connectivity index (χ2n) is 6.51. The number of rotatable bonds is 5. The maximum absolute atomic E-state index is 12.6. The van der Waals surface area contributed by atoms with Crippen molar-refractivity contribution in [2.24, 2.45) is 4.99 Å². The van der Waals surface area contributed by atoms with Gasteiger partial charge in [0.05, 0.1) is 13.1 Å². The van der Waals surface area contributed by atoms with E-state index in [-0.39, 0.29) is 42.5 Å². The minimum atomic E-state index is -4.42. The molecule has 0 aliphatic carbocycles. The molecule has 0 aromatic carbocycles. The molecule has 0 bridgehead atoms. The Hall–Kier alpha value is -1.15. The molecule has 2 heterocycles. The molecule has 12 heteroatoms. The number of nitrogens with zero attached hydrogens (tertiary/aromatic N) is 4. The molecule has 28 heavy (non-hydrogen) atoms. The summed E-state index contributed by atoms with van der Waals surface area (Å²) in [7, 11) is 1.63. The van der Waals surface area contributed by atoms with E-state index in [1.165, 1.54) is 0 Å². The van der Waals surface area contributed by atoms with Crippen molar-refractivity contribution in [1.29, 1.82) is 0 Å². The van der Waals surface area contributed by atoms with Crippen LogP contribution in [0.3, 0.4) is 0 Å². The first-order valence-corrected chi connectivity index (χ1v) is 9.56. The highest BCUT2D eigenvalue weighted by Gasteiger charge is 2.33. The number of piperazine rings is 1. The Balaban J connectivity index is 0.00000392. The summed E-state index contributed by atoms with van der Waals surface area (Å²) < 4.78 is 37.8. The van der Waals surface area contributed by atoms with Crippen LogP contribution >= 0.6 is 35.3 Å². The number of hydrogen-bond donors (Lipinski definition) is 2. The quantitative estimate of drug-likeness (QED) is 0.344. The van der Waals surface area contributed by atoms with Crippen LogP contribution in [-0.4, -0.2) is 72.5 Å². The molecule has 0 radical (unpaired) electrons. The Morgan fingerprint density at radius 2 is 1.96 bits per heavy atom. The molecular formula is C16H26F3IN6OS. The lowest BCUT2D eigenvalue weighted by atomic mass is 10.3. The lowest BCUT2D eigenvalue weighted by molar-refractivity contribution is -0.140. The zero-order valence-corrected chi connectivity index (χ0v) is 19.2. The number of hydrogen-bond acceptors (Lipinski definition) is 5. The Bertz CT molecular complexity index is 659. The summed E-state index contributed by atoms with van der Waals surface area (Å²) >= 11 is 0.968. The smallest absolute Gasteiger partial charge is 0.353 e. The highest BCUT2D eigenvalue weighted by Crippen LogP contribution is 2.29. The van der Waals surface area contributed by atoms with Gasteiger partial charge in [-0.05, 0) is 13.8 Å². The molecule has 0 saturated carbocycles. The fourth-order valence-electron chi connectivity index (χ4n) is 2.70. The van der Waals surface area contributed by atoms with Gasteiger partial charge >= 0.3 is 6.18 Å². The molecule has 1 saturated heterocycles. The van der Waals surface area contributed by atoms with Gasteiger partial charge in [0.1, 0.15) is 5.01 Å². The van der Waals surface area contributed by atoms with Gasteiger partial charge in [-0.15, -0.1) is 35.3 Å². The third-order valence-corrected chi connectivity index (χ3v) is 4.79. The summed E-state index contributed by atoms with van der Waals surface area (Å²) in [6.45, 7) is 7.17. The van der Waals surface area contributed by atoms with Gasteiger partial charge in [-0.2, -0.15) is 13.2 Å². The van der Waals surface area contributed by atoms with Crippen LogP contribution in [-0.2, 0) is 17.5 Å². The summed E-state index contributed by atoms with van der Waals surface area (Å²) in [5, 5.41) is 7.30. The maximum atomic E-state index is 12.6. The molecule has 1 aromatic heterocycles. The van der Waals surface area contributed by atoms with Gasteiger partial charge < -0.3 is 15.5 Å². The topological polar surface area (TPSA) is 72.9 Å². The van der Waals surface area contributed by atoms with Gasteiger partial charge in [0.25, 0.3) is 0 Å². The van der Waals surface area contributed by atoms with E-state index in [2.05, 4.69) is 25.5 Å². The second kappa shape index (κ2) is 11.1. The first-order chi connectivity index (χ1) is 12.7. The minimum absolute atomic E-state index is 0. The van der Waals surface area contributed by atoms with Crippen molar-refractivity contribution in [2.45, 2.75) is 32.6 Å². The largest absolute Gasteiger partial charge is 0.434 e. The number of thiazole rings is 1. The Morgan fingerprint density at radius 1 is 1.32 bits per heavy atom. The second-order valence-corrected chi connectivity index (χ2v) is 7.45. The van der Waals surface area contributed by atoms with Crippen LogP contribution in [0.15, 0.2) is 10.4 Å². The Kier molecular flexibility index (Phi) is 9.90. The minimum Gasteiger partial charge on any atom is -0.353 e. The molecule has 7 nitrogen and oxygen atoms in total. The van der Waals surface area contributed by atoms with Crippen molar-refractivity contribution >= 4 is 47.2 Å². The number of aromatic nitrogens is 1. The maximum Gasteiger partial charge on any atom is 0.434 e.